The lowest BCUT2D eigenvalue weighted by molar-refractivity contribution is -0.349. The average molecular weight is 542 g/mol. The number of phosphoric ester groups is 2. The summed E-state index contributed by atoms with van der Waals surface area (Å²) in [5, 5.41) is 2.75. The number of hydrogen-bond acceptors (Lipinski definition) is 13. The van der Waals surface area contributed by atoms with Crippen LogP contribution in [0.2, 0.25) is 5.28 Å². The summed E-state index contributed by atoms with van der Waals surface area (Å²) in [6.07, 6.45) is -1.39. The molecule has 33 heavy (non-hydrogen) atoms. The third-order valence-electron chi connectivity index (χ3n) is 4.11. The van der Waals surface area contributed by atoms with Gasteiger partial charge in [-0.05, 0) is 18.0 Å². The molecule has 2 aromatic rings. The van der Waals surface area contributed by atoms with Crippen molar-refractivity contribution >= 4 is 44.2 Å². The molecule has 0 unspecified atom stereocenters. The van der Waals surface area contributed by atoms with Gasteiger partial charge in [0.1, 0.15) is 6.10 Å². The number of halogens is 1. The first kappa shape index (κ1) is 33.8. The fraction of sp³-hybridized carbons (Fsp3) is 0.583. The van der Waals surface area contributed by atoms with Crippen molar-refractivity contribution in [1.82, 2.24) is 44.1 Å². The quantitative estimate of drug-likeness (QED) is 0.216. The zero-order chi connectivity index (χ0) is 21.4. The zero-order valence-electron chi connectivity index (χ0n) is 18.7. The molecule has 0 spiro atoms. The van der Waals surface area contributed by atoms with Gasteiger partial charge in [-0.1, -0.05) is 0 Å². The van der Waals surface area contributed by atoms with E-state index in [9.17, 15) is 28.7 Å². The van der Waals surface area contributed by atoms with Crippen LogP contribution in [0.4, 0.5) is 5.82 Å². The van der Waals surface area contributed by atoms with Crippen LogP contribution < -0.4 is 49.5 Å². The first-order chi connectivity index (χ1) is 13.5. The number of fused-ring (bicyclic) bond motifs is 1. The highest BCUT2D eigenvalue weighted by molar-refractivity contribution is 7.43. The lowest BCUT2D eigenvalue weighted by atomic mass is 10.0. The van der Waals surface area contributed by atoms with Crippen molar-refractivity contribution in [2.24, 2.45) is 0 Å². The number of imidazole rings is 1. The van der Waals surface area contributed by atoms with Crippen LogP contribution in [0.1, 0.15) is 12.5 Å². The van der Waals surface area contributed by atoms with Crippen molar-refractivity contribution < 1.29 is 42.5 Å². The number of quaternary nitrogens is 4. The Labute approximate surface area is 193 Å². The second kappa shape index (κ2) is 12.9. The van der Waals surface area contributed by atoms with Gasteiger partial charge in [-0.25, -0.2) is 4.98 Å². The Kier molecular flexibility index (Phi) is 13.3. The molecule has 1 fully saturated rings. The average Bonchev–Trinajstić information content (AvgIpc) is 3.01. The Balaban J connectivity index is 0. The molecule has 0 amide bonds. The lowest BCUT2D eigenvalue weighted by Crippen LogP contribution is -2.44. The van der Waals surface area contributed by atoms with Crippen molar-refractivity contribution in [3.05, 3.63) is 11.6 Å². The van der Waals surface area contributed by atoms with Gasteiger partial charge < -0.3 is 77.0 Å². The topological polar surface area (TPSA) is 356 Å². The molecule has 3 heterocycles. The van der Waals surface area contributed by atoms with E-state index in [1.807, 2.05) is 0 Å². The standard InChI is InChI=1S/C12H18ClN5O9P2.4H3N/c1-14-10-9-11(17-12(13)16-10)18(5-15-9)6-2-7(27-29(22,23)24)8(25-3-6)4-26-28(19,20)21;;;;/h5-8H,2-4H2,1H3,(H,14,16,17)(H2,19,20,21)(H2,22,23,24);4*1H3/t6-,7-,8+;;;;/m0..../s1. The van der Waals surface area contributed by atoms with Crippen LogP contribution in [-0.4, -0.2) is 52.0 Å². The van der Waals surface area contributed by atoms with Crippen LogP contribution in [-0.2, 0) is 22.9 Å². The highest BCUT2D eigenvalue weighted by Crippen LogP contribution is 2.38. The van der Waals surface area contributed by atoms with Gasteiger partial charge in [0.05, 0.1) is 47.3 Å². The summed E-state index contributed by atoms with van der Waals surface area (Å²) in [6, 6.07) is -0.602. The molecule has 194 valence electrons. The second-order valence-electron chi connectivity index (χ2n) is 6.01. The highest BCUT2D eigenvalue weighted by Gasteiger charge is 2.35. The van der Waals surface area contributed by atoms with Gasteiger partial charge >= 0.3 is 0 Å². The molecule has 0 saturated carbocycles. The maximum Gasteiger partial charge on any atom is 0.226 e. The molecule has 3 rings (SSSR count). The smallest absolute Gasteiger partial charge is 0.226 e. The molecule has 1 aliphatic rings. The van der Waals surface area contributed by atoms with Crippen molar-refractivity contribution in [3.8, 4) is 0 Å². The Hall–Kier alpha value is -1.34. The van der Waals surface area contributed by atoms with E-state index < -0.39 is 40.5 Å². The molecule has 1 aliphatic heterocycles. The van der Waals surface area contributed by atoms with E-state index in [-0.39, 0.29) is 42.9 Å². The fourth-order valence-electron chi connectivity index (χ4n) is 2.95. The van der Waals surface area contributed by atoms with Gasteiger partial charge in [0.25, 0.3) is 0 Å². The molecule has 2 aromatic heterocycles. The minimum atomic E-state index is -5.45. The minimum Gasteiger partial charge on any atom is -0.790 e. The molecular weight excluding hydrogens is 512 g/mol. The molecule has 1 saturated heterocycles. The minimum absolute atomic E-state index is 0. The molecule has 0 aliphatic carbocycles. The van der Waals surface area contributed by atoms with Gasteiger partial charge in [-0.3, -0.25) is 0 Å². The number of anilines is 1. The van der Waals surface area contributed by atoms with Gasteiger partial charge in [-0.2, -0.15) is 9.97 Å². The van der Waals surface area contributed by atoms with E-state index in [2.05, 4.69) is 29.3 Å². The van der Waals surface area contributed by atoms with Gasteiger partial charge in [0.2, 0.25) is 5.28 Å². The number of ether oxygens (including phenoxy) is 1. The second-order valence-corrected chi connectivity index (χ2v) is 8.61. The number of hydrogen-bond donors (Lipinski definition) is 5. The number of rotatable bonds is 7. The predicted octanol–water partition coefficient (Wildman–Crippen LogP) is -0.585. The molecule has 18 nitrogen and oxygen atoms in total. The molecule has 0 radical (unpaired) electrons. The van der Waals surface area contributed by atoms with Crippen molar-refractivity contribution in [2.75, 3.05) is 25.6 Å². The summed E-state index contributed by atoms with van der Waals surface area (Å²) in [6.45, 7) is -0.871. The van der Waals surface area contributed by atoms with Crippen LogP contribution in [0.15, 0.2) is 6.33 Å². The first-order valence-corrected chi connectivity index (χ1v) is 11.3. The molecule has 0 aromatic carbocycles. The molecule has 3 atom stereocenters. The SMILES string of the molecule is CNc1nc(Cl)nc2c1ncn2[C@@H]1CO[C@H](COP(=O)([O-])[O-])[C@@H](OP(=O)([O-])[O-])C1.[NH4+].[NH4+].[NH4+].[NH4+]. The van der Waals surface area contributed by atoms with Gasteiger partial charge in [0.15, 0.2) is 17.0 Å². The van der Waals surface area contributed by atoms with E-state index in [0.717, 1.165) is 0 Å². The van der Waals surface area contributed by atoms with E-state index in [1.165, 1.54) is 10.9 Å². The third-order valence-corrected chi connectivity index (χ3v) is 5.27. The summed E-state index contributed by atoms with van der Waals surface area (Å²) in [7, 11) is -9.17. The number of aromatic nitrogens is 4. The Morgan fingerprint density at radius 1 is 1.18 bits per heavy atom. The monoisotopic (exact) mass is 541 g/mol. The number of phosphoric acid groups is 2. The molecule has 21 heteroatoms. The molecule has 17 N–H and O–H groups in total. The molecular formula is C12H30ClN9O9P2. The largest absolute Gasteiger partial charge is 0.790 e. The third kappa shape index (κ3) is 8.75. The summed E-state index contributed by atoms with van der Waals surface area (Å²) >= 11 is 5.91. The number of nitrogens with one attached hydrogen (secondary N) is 1. The first-order valence-electron chi connectivity index (χ1n) is 8.03. The summed E-state index contributed by atoms with van der Waals surface area (Å²) in [4.78, 5) is 55.8. The maximum atomic E-state index is 11.1. The van der Waals surface area contributed by atoms with E-state index in [1.54, 1.807) is 7.05 Å². The Morgan fingerprint density at radius 3 is 2.36 bits per heavy atom. The van der Waals surface area contributed by atoms with Crippen LogP contribution >= 0.6 is 27.2 Å². The highest BCUT2D eigenvalue weighted by atomic mass is 35.5. The van der Waals surface area contributed by atoms with E-state index >= 15 is 0 Å². The van der Waals surface area contributed by atoms with Crippen LogP contribution in [0.5, 0.6) is 0 Å². The van der Waals surface area contributed by atoms with E-state index in [0.29, 0.717) is 17.0 Å². The normalized spacial score (nSPS) is 20.6. The Bertz CT molecular complexity index is 987. The van der Waals surface area contributed by atoms with Crippen molar-refractivity contribution in [2.45, 2.75) is 24.7 Å². The summed E-state index contributed by atoms with van der Waals surface area (Å²) in [5.41, 5.74) is 0.698. The van der Waals surface area contributed by atoms with Crippen LogP contribution in [0.3, 0.4) is 0 Å². The maximum absolute atomic E-state index is 11.1. The van der Waals surface area contributed by atoms with Crippen LogP contribution in [0, 0.1) is 0 Å². The van der Waals surface area contributed by atoms with Crippen molar-refractivity contribution in [3.63, 3.8) is 0 Å². The number of nitrogens with zero attached hydrogens (tertiary/aromatic N) is 4. The zero-order valence-corrected chi connectivity index (χ0v) is 21.2. The Morgan fingerprint density at radius 2 is 1.82 bits per heavy atom. The van der Waals surface area contributed by atoms with Gasteiger partial charge in [-0.15, -0.1) is 0 Å². The van der Waals surface area contributed by atoms with Gasteiger partial charge in [0, 0.05) is 7.05 Å². The molecule has 0 bridgehead atoms. The summed E-state index contributed by atoms with van der Waals surface area (Å²) < 4.78 is 37.4. The summed E-state index contributed by atoms with van der Waals surface area (Å²) in [5.74, 6) is 0.361. The predicted molar refractivity (Wildman–Crippen MR) is 113 cm³/mol. The van der Waals surface area contributed by atoms with Crippen molar-refractivity contribution in [1.29, 1.82) is 0 Å². The van der Waals surface area contributed by atoms with E-state index in [4.69, 9.17) is 16.3 Å². The van der Waals surface area contributed by atoms with Crippen LogP contribution in [0.25, 0.3) is 11.2 Å². The fourth-order valence-corrected chi connectivity index (χ4v) is 4.00. The lowest BCUT2D eigenvalue weighted by Gasteiger charge is -2.42.